The minimum atomic E-state index is -0.778. The van der Waals surface area contributed by atoms with E-state index < -0.39 is 6.10 Å². The Hall–Kier alpha value is -2.37. The van der Waals surface area contributed by atoms with Crippen molar-refractivity contribution in [2.45, 2.75) is 297 Å². The van der Waals surface area contributed by atoms with Gasteiger partial charge in [-0.15, -0.1) is 0 Å². The fourth-order valence-electron chi connectivity index (χ4n) is 7.98. The summed E-state index contributed by atoms with van der Waals surface area (Å²) in [6, 6.07) is 0. The monoisotopic (exact) mass is 885 g/mol. The molecule has 0 aromatic heterocycles. The largest absolute Gasteiger partial charge is 0.462 e. The van der Waals surface area contributed by atoms with Gasteiger partial charge in [-0.1, -0.05) is 250 Å². The van der Waals surface area contributed by atoms with Crippen LogP contribution in [0, 0.1) is 0 Å². The number of allylic oxidation sites excluding steroid dienone is 6. The first-order valence-corrected chi connectivity index (χ1v) is 27.5. The predicted molar refractivity (Wildman–Crippen MR) is 270 cm³/mol. The van der Waals surface area contributed by atoms with Gasteiger partial charge in [-0.25, -0.2) is 0 Å². The molecule has 6 nitrogen and oxygen atoms in total. The summed E-state index contributed by atoms with van der Waals surface area (Å²) in [5, 5.41) is 0. The van der Waals surface area contributed by atoms with E-state index in [2.05, 4.69) is 57.2 Å². The van der Waals surface area contributed by atoms with Gasteiger partial charge < -0.3 is 14.2 Å². The van der Waals surface area contributed by atoms with Gasteiger partial charge in [0.1, 0.15) is 13.2 Å². The van der Waals surface area contributed by atoms with Crippen molar-refractivity contribution in [3.05, 3.63) is 36.5 Å². The lowest BCUT2D eigenvalue weighted by atomic mass is 10.0. The Balaban J connectivity index is 4.29. The van der Waals surface area contributed by atoms with Crippen LogP contribution in [0.25, 0.3) is 0 Å². The van der Waals surface area contributed by atoms with Crippen molar-refractivity contribution in [3.8, 4) is 0 Å². The molecule has 368 valence electrons. The molecule has 0 fully saturated rings. The highest BCUT2D eigenvalue weighted by molar-refractivity contribution is 5.71. The van der Waals surface area contributed by atoms with Crippen LogP contribution in [-0.2, 0) is 28.6 Å². The number of carbonyl (C=O) groups is 3. The third-order valence-electron chi connectivity index (χ3n) is 12.1. The smallest absolute Gasteiger partial charge is 0.306 e. The van der Waals surface area contributed by atoms with Crippen LogP contribution < -0.4 is 0 Å². The van der Waals surface area contributed by atoms with Gasteiger partial charge in [0.15, 0.2) is 6.10 Å². The quantitative estimate of drug-likeness (QED) is 0.0262. The minimum Gasteiger partial charge on any atom is -0.462 e. The van der Waals surface area contributed by atoms with Crippen molar-refractivity contribution >= 4 is 17.9 Å². The third-order valence-corrected chi connectivity index (χ3v) is 12.1. The van der Waals surface area contributed by atoms with E-state index in [4.69, 9.17) is 14.2 Å². The predicted octanol–water partition coefficient (Wildman–Crippen LogP) is 18.1. The number of hydrogen-bond donors (Lipinski definition) is 0. The fourth-order valence-corrected chi connectivity index (χ4v) is 7.98. The van der Waals surface area contributed by atoms with Crippen LogP contribution >= 0.6 is 0 Å². The summed E-state index contributed by atoms with van der Waals surface area (Å²) in [4.78, 5) is 38.0. The van der Waals surface area contributed by atoms with E-state index >= 15 is 0 Å². The second-order valence-electron chi connectivity index (χ2n) is 18.5. The van der Waals surface area contributed by atoms with Crippen LogP contribution in [-0.4, -0.2) is 37.2 Å². The molecule has 0 radical (unpaired) electrons. The zero-order chi connectivity index (χ0) is 45.8. The molecular weight excluding hydrogens is 781 g/mol. The number of unbranched alkanes of at least 4 members (excludes halogenated alkanes) is 33. The lowest BCUT2D eigenvalue weighted by molar-refractivity contribution is -0.167. The minimum absolute atomic E-state index is 0.0771. The van der Waals surface area contributed by atoms with E-state index in [1.165, 1.54) is 167 Å². The van der Waals surface area contributed by atoms with Crippen LogP contribution in [0.3, 0.4) is 0 Å². The molecule has 0 rings (SSSR count). The van der Waals surface area contributed by atoms with Gasteiger partial charge in [-0.2, -0.15) is 0 Å². The molecule has 0 saturated heterocycles. The number of ether oxygens (including phenoxy) is 3. The van der Waals surface area contributed by atoms with Crippen molar-refractivity contribution in [2.75, 3.05) is 13.2 Å². The Kier molecular flexibility index (Phi) is 50.3. The zero-order valence-electron chi connectivity index (χ0n) is 42.1. The van der Waals surface area contributed by atoms with Gasteiger partial charge >= 0.3 is 17.9 Å². The molecule has 0 N–H and O–H groups in total. The molecule has 0 amide bonds. The van der Waals surface area contributed by atoms with Crippen molar-refractivity contribution in [3.63, 3.8) is 0 Å². The first-order chi connectivity index (χ1) is 31.0. The van der Waals surface area contributed by atoms with E-state index in [0.717, 1.165) is 83.5 Å². The Morgan fingerprint density at radius 3 is 0.921 bits per heavy atom. The topological polar surface area (TPSA) is 78.9 Å². The Labute approximate surface area is 391 Å². The average Bonchev–Trinajstić information content (AvgIpc) is 3.28. The summed E-state index contributed by atoms with van der Waals surface area (Å²) in [6.07, 6.45) is 61.4. The molecular formula is C57H104O6. The van der Waals surface area contributed by atoms with Gasteiger partial charge in [0, 0.05) is 19.3 Å². The Morgan fingerprint density at radius 1 is 0.317 bits per heavy atom. The molecule has 0 aliphatic heterocycles. The summed E-state index contributed by atoms with van der Waals surface area (Å²) in [5.41, 5.74) is 0. The molecule has 0 spiro atoms. The molecule has 6 heteroatoms. The number of esters is 3. The SMILES string of the molecule is CCCCC/C=C\C/C=C\C/C=C\CCCCCCC(=O)O[C@H](COC(=O)CCCCCCCCCCC)COC(=O)CCCCCCCCCCCCCCCCCCCCC. The number of rotatable bonds is 50. The van der Waals surface area contributed by atoms with Gasteiger partial charge in [0.05, 0.1) is 0 Å². The Bertz CT molecular complexity index is 1060. The van der Waals surface area contributed by atoms with E-state index in [1.54, 1.807) is 0 Å². The molecule has 0 aliphatic carbocycles. The first-order valence-electron chi connectivity index (χ1n) is 27.5. The normalized spacial score (nSPS) is 12.2. The molecule has 0 heterocycles. The van der Waals surface area contributed by atoms with E-state index in [1.807, 2.05) is 0 Å². The summed E-state index contributed by atoms with van der Waals surface area (Å²) in [7, 11) is 0. The van der Waals surface area contributed by atoms with E-state index in [9.17, 15) is 14.4 Å². The van der Waals surface area contributed by atoms with E-state index in [-0.39, 0.29) is 31.1 Å². The highest BCUT2D eigenvalue weighted by Crippen LogP contribution is 2.16. The lowest BCUT2D eigenvalue weighted by Crippen LogP contribution is -2.30. The van der Waals surface area contributed by atoms with Crippen LogP contribution in [0.4, 0.5) is 0 Å². The summed E-state index contributed by atoms with van der Waals surface area (Å²) < 4.78 is 16.8. The molecule has 0 saturated carbocycles. The molecule has 0 unspecified atom stereocenters. The fraction of sp³-hybridized carbons (Fsp3) is 0.842. The standard InChI is InChI=1S/C57H104O6/c1-4-7-10-13-16-19-21-23-25-27-28-30-31-33-35-38-41-44-47-50-56(59)62-53-54(52-61-55(58)49-46-43-40-37-18-15-12-9-6-3)63-57(60)51-48-45-42-39-36-34-32-29-26-24-22-20-17-14-11-8-5-2/h17,20,24,26,32,34,54H,4-16,18-19,21-23,25,27-31,33,35-53H2,1-3H3/b20-17-,26-24-,34-32-/t54-/m1/s1. The molecule has 63 heavy (non-hydrogen) atoms. The maximum atomic E-state index is 12.8. The second-order valence-corrected chi connectivity index (χ2v) is 18.5. The molecule has 0 aromatic carbocycles. The second kappa shape index (κ2) is 52.3. The summed E-state index contributed by atoms with van der Waals surface area (Å²) in [5.74, 6) is -0.887. The Morgan fingerprint density at radius 2 is 0.571 bits per heavy atom. The van der Waals surface area contributed by atoms with Crippen molar-refractivity contribution in [1.82, 2.24) is 0 Å². The van der Waals surface area contributed by atoms with Crippen LogP contribution in [0.15, 0.2) is 36.5 Å². The molecule has 0 aliphatic rings. The van der Waals surface area contributed by atoms with E-state index in [0.29, 0.717) is 19.3 Å². The van der Waals surface area contributed by atoms with Gasteiger partial charge in [0.25, 0.3) is 0 Å². The maximum absolute atomic E-state index is 12.8. The van der Waals surface area contributed by atoms with Gasteiger partial charge in [-0.05, 0) is 57.8 Å². The van der Waals surface area contributed by atoms with Crippen LogP contribution in [0.2, 0.25) is 0 Å². The lowest BCUT2D eigenvalue weighted by Gasteiger charge is -2.18. The van der Waals surface area contributed by atoms with Gasteiger partial charge in [0.2, 0.25) is 0 Å². The van der Waals surface area contributed by atoms with Crippen molar-refractivity contribution in [2.24, 2.45) is 0 Å². The highest BCUT2D eigenvalue weighted by atomic mass is 16.6. The van der Waals surface area contributed by atoms with Crippen LogP contribution in [0.5, 0.6) is 0 Å². The maximum Gasteiger partial charge on any atom is 0.306 e. The number of hydrogen-bond acceptors (Lipinski definition) is 6. The number of carbonyl (C=O) groups excluding carboxylic acids is 3. The molecule has 1 atom stereocenters. The molecule has 0 bridgehead atoms. The summed E-state index contributed by atoms with van der Waals surface area (Å²) >= 11 is 0. The zero-order valence-corrected chi connectivity index (χ0v) is 42.1. The molecule has 0 aromatic rings. The van der Waals surface area contributed by atoms with Crippen LogP contribution in [0.1, 0.15) is 290 Å². The average molecular weight is 885 g/mol. The van der Waals surface area contributed by atoms with Gasteiger partial charge in [-0.3, -0.25) is 14.4 Å². The summed E-state index contributed by atoms with van der Waals surface area (Å²) in [6.45, 7) is 6.61. The van der Waals surface area contributed by atoms with Crippen molar-refractivity contribution < 1.29 is 28.6 Å². The first kappa shape index (κ1) is 60.6. The highest BCUT2D eigenvalue weighted by Gasteiger charge is 2.19. The van der Waals surface area contributed by atoms with Crippen molar-refractivity contribution in [1.29, 1.82) is 0 Å². The third kappa shape index (κ3) is 50.5.